The van der Waals surface area contributed by atoms with Crippen LogP contribution in [0.5, 0.6) is 0 Å². The quantitative estimate of drug-likeness (QED) is 0.775. The molecule has 1 aromatic carbocycles. The molecule has 3 saturated heterocycles. The van der Waals surface area contributed by atoms with Gasteiger partial charge in [0.2, 0.25) is 5.91 Å². The number of nitrogens with one attached hydrogen (secondary N) is 1. The van der Waals surface area contributed by atoms with Crippen molar-refractivity contribution in [1.29, 1.82) is 0 Å². The molecule has 31 heavy (non-hydrogen) atoms. The number of nitrogens with zero attached hydrogens (tertiary/aromatic N) is 3. The predicted molar refractivity (Wildman–Crippen MR) is 115 cm³/mol. The molecule has 0 aromatic heterocycles. The highest BCUT2D eigenvalue weighted by molar-refractivity contribution is 5.79. The van der Waals surface area contributed by atoms with Crippen molar-refractivity contribution in [1.82, 2.24) is 20.0 Å². The number of hydrogen-bond acceptors (Lipinski definition) is 4. The molecule has 1 atom stereocenters. The first-order valence-electron chi connectivity index (χ1n) is 11.5. The molecule has 3 amide bonds. The van der Waals surface area contributed by atoms with Crippen LogP contribution in [0.3, 0.4) is 0 Å². The lowest BCUT2D eigenvalue weighted by atomic mass is 9.95. The lowest BCUT2D eigenvalue weighted by Crippen LogP contribution is -2.49. The van der Waals surface area contributed by atoms with E-state index in [-0.39, 0.29) is 29.7 Å². The van der Waals surface area contributed by atoms with Gasteiger partial charge in [-0.05, 0) is 43.4 Å². The SMILES string of the molecule is O=C(NCC(c1cccc(F)c1)N1CCOCC1)C1CCN(C(=O)N2CCCC2)CC1. The van der Waals surface area contributed by atoms with Gasteiger partial charge in [0.05, 0.1) is 19.3 Å². The van der Waals surface area contributed by atoms with Gasteiger partial charge in [-0.2, -0.15) is 0 Å². The molecule has 3 aliphatic rings. The lowest BCUT2D eigenvalue weighted by molar-refractivity contribution is -0.126. The number of hydrogen-bond donors (Lipinski definition) is 1. The van der Waals surface area contributed by atoms with Gasteiger partial charge in [-0.1, -0.05) is 12.1 Å². The Morgan fingerprint density at radius 1 is 1.03 bits per heavy atom. The summed E-state index contributed by atoms with van der Waals surface area (Å²) >= 11 is 0. The van der Waals surface area contributed by atoms with Crippen LogP contribution in [0.25, 0.3) is 0 Å². The van der Waals surface area contributed by atoms with Crippen LogP contribution in [0.2, 0.25) is 0 Å². The van der Waals surface area contributed by atoms with Crippen LogP contribution in [0, 0.1) is 11.7 Å². The minimum atomic E-state index is -0.267. The second-order valence-corrected chi connectivity index (χ2v) is 8.70. The molecular formula is C23H33FN4O3. The van der Waals surface area contributed by atoms with Crippen molar-refractivity contribution in [3.8, 4) is 0 Å². The number of benzene rings is 1. The molecule has 170 valence electrons. The van der Waals surface area contributed by atoms with E-state index in [2.05, 4.69) is 10.2 Å². The van der Waals surface area contributed by atoms with E-state index in [0.29, 0.717) is 45.7 Å². The number of carbonyl (C=O) groups excluding carboxylic acids is 2. The van der Waals surface area contributed by atoms with Gasteiger partial charge in [-0.25, -0.2) is 9.18 Å². The molecule has 0 aliphatic carbocycles. The topological polar surface area (TPSA) is 65.1 Å². The third-order valence-electron chi connectivity index (χ3n) is 6.70. The molecule has 4 rings (SSSR count). The van der Waals surface area contributed by atoms with Crippen LogP contribution in [-0.4, -0.2) is 85.7 Å². The Bertz CT molecular complexity index is 757. The molecule has 0 spiro atoms. The van der Waals surface area contributed by atoms with Crippen molar-refractivity contribution in [3.05, 3.63) is 35.6 Å². The molecule has 0 radical (unpaired) electrons. The van der Waals surface area contributed by atoms with Crippen LogP contribution >= 0.6 is 0 Å². The summed E-state index contributed by atoms with van der Waals surface area (Å²) in [6.45, 7) is 6.20. The molecule has 0 saturated carbocycles. The first-order chi connectivity index (χ1) is 15.1. The number of carbonyl (C=O) groups is 2. The first-order valence-corrected chi connectivity index (χ1v) is 11.5. The van der Waals surface area contributed by atoms with Crippen molar-refractivity contribution in [2.45, 2.75) is 31.7 Å². The Morgan fingerprint density at radius 3 is 2.39 bits per heavy atom. The van der Waals surface area contributed by atoms with Crippen molar-refractivity contribution < 1.29 is 18.7 Å². The van der Waals surface area contributed by atoms with Gasteiger partial charge in [-0.3, -0.25) is 9.69 Å². The van der Waals surface area contributed by atoms with Gasteiger partial charge in [0.1, 0.15) is 5.82 Å². The molecule has 1 N–H and O–H groups in total. The van der Waals surface area contributed by atoms with E-state index in [1.165, 1.54) is 6.07 Å². The van der Waals surface area contributed by atoms with Gasteiger partial charge >= 0.3 is 6.03 Å². The molecule has 1 aromatic rings. The average molecular weight is 433 g/mol. The maximum absolute atomic E-state index is 13.8. The summed E-state index contributed by atoms with van der Waals surface area (Å²) in [5.41, 5.74) is 0.869. The van der Waals surface area contributed by atoms with E-state index in [4.69, 9.17) is 4.74 Å². The highest BCUT2D eigenvalue weighted by Crippen LogP contribution is 2.24. The summed E-state index contributed by atoms with van der Waals surface area (Å²) < 4.78 is 19.3. The summed E-state index contributed by atoms with van der Waals surface area (Å²) in [6, 6.07) is 6.66. The zero-order valence-electron chi connectivity index (χ0n) is 18.1. The van der Waals surface area contributed by atoms with E-state index >= 15 is 0 Å². The maximum atomic E-state index is 13.8. The highest BCUT2D eigenvalue weighted by atomic mass is 19.1. The standard InChI is InChI=1S/C23H33FN4O3/c24-20-5-3-4-19(16-20)21(26-12-14-31-15-13-26)17-25-22(29)18-6-10-28(11-7-18)23(30)27-8-1-2-9-27/h3-5,16,18,21H,1-2,6-15,17H2,(H,25,29). The zero-order valence-corrected chi connectivity index (χ0v) is 18.1. The number of likely N-dealkylation sites (tertiary alicyclic amines) is 2. The van der Waals surface area contributed by atoms with Crippen molar-refractivity contribution in [2.24, 2.45) is 5.92 Å². The van der Waals surface area contributed by atoms with Gasteiger partial charge in [0, 0.05) is 51.7 Å². The molecule has 3 aliphatic heterocycles. The second kappa shape index (κ2) is 10.4. The number of halogens is 1. The fourth-order valence-corrected chi connectivity index (χ4v) is 4.84. The first kappa shape index (κ1) is 22.0. The van der Waals surface area contributed by atoms with E-state index in [1.54, 1.807) is 12.1 Å². The number of morpholine rings is 1. The lowest BCUT2D eigenvalue weighted by Gasteiger charge is -2.36. The van der Waals surface area contributed by atoms with E-state index in [0.717, 1.165) is 44.6 Å². The van der Waals surface area contributed by atoms with Crippen molar-refractivity contribution >= 4 is 11.9 Å². The number of piperidine rings is 1. The minimum Gasteiger partial charge on any atom is -0.379 e. The zero-order chi connectivity index (χ0) is 21.6. The van der Waals surface area contributed by atoms with Crippen molar-refractivity contribution in [2.75, 3.05) is 59.0 Å². The van der Waals surface area contributed by atoms with E-state index in [9.17, 15) is 14.0 Å². The number of amides is 3. The molecule has 7 nitrogen and oxygen atoms in total. The number of rotatable bonds is 5. The normalized spacial score (nSPS) is 21.8. The van der Waals surface area contributed by atoms with E-state index in [1.807, 2.05) is 15.9 Å². The van der Waals surface area contributed by atoms with Crippen molar-refractivity contribution in [3.63, 3.8) is 0 Å². The van der Waals surface area contributed by atoms with Gasteiger partial charge in [0.15, 0.2) is 0 Å². The monoisotopic (exact) mass is 432 g/mol. The van der Waals surface area contributed by atoms with Crippen LogP contribution in [-0.2, 0) is 9.53 Å². The Kier molecular flexibility index (Phi) is 7.40. The third-order valence-corrected chi connectivity index (χ3v) is 6.70. The highest BCUT2D eigenvalue weighted by Gasteiger charge is 2.31. The largest absolute Gasteiger partial charge is 0.379 e. The molecule has 1 unspecified atom stereocenters. The second-order valence-electron chi connectivity index (χ2n) is 8.70. The molecule has 3 heterocycles. The Morgan fingerprint density at radius 2 is 1.71 bits per heavy atom. The summed E-state index contributed by atoms with van der Waals surface area (Å²) in [6.07, 6.45) is 3.54. The fourth-order valence-electron chi connectivity index (χ4n) is 4.84. The van der Waals surface area contributed by atoms with Crippen LogP contribution in [0.15, 0.2) is 24.3 Å². The molecule has 3 fully saturated rings. The number of urea groups is 1. The predicted octanol–water partition coefficient (Wildman–Crippen LogP) is 2.24. The number of ether oxygens (including phenoxy) is 1. The third kappa shape index (κ3) is 5.54. The van der Waals surface area contributed by atoms with Gasteiger partial charge in [0.25, 0.3) is 0 Å². The molecule has 0 bridgehead atoms. The maximum Gasteiger partial charge on any atom is 0.319 e. The smallest absolute Gasteiger partial charge is 0.319 e. The van der Waals surface area contributed by atoms with Crippen LogP contribution in [0.1, 0.15) is 37.3 Å². The van der Waals surface area contributed by atoms with Gasteiger partial charge in [-0.15, -0.1) is 0 Å². The van der Waals surface area contributed by atoms with E-state index < -0.39 is 0 Å². The molecule has 8 heteroatoms. The summed E-state index contributed by atoms with van der Waals surface area (Å²) in [7, 11) is 0. The summed E-state index contributed by atoms with van der Waals surface area (Å²) in [5, 5.41) is 3.11. The Balaban J connectivity index is 1.31. The summed E-state index contributed by atoms with van der Waals surface area (Å²) in [4.78, 5) is 31.5. The average Bonchev–Trinajstić information content (AvgIpc) is 3.34. The van der Waals surface area contributed by atoms with Crippen LogP contribution < -0.4 is 5.32 Å². The Labute approximate surface area is 183 Å². The van der Waals surface area contributed by atoms with Crippen LogP contribution in [0.4, 0.5) is 9.18 Å². The van der Waals surface area contributed by atoms with Gasteiger partial charge < -0.3 is 19.9 Å². The summed E-state index contributed by atoms with van der Waals surface area (Å²) in [5.74, 6) is -0.319. The Hall–Kier alpha value is -2.19. The molecular weight excluding hydrogens is 399 g/mol. The minimum absolute atomic E-state index is 0.0305. The fraction of sp³-hybridized carbons (Fsp3) is 0.652.